The summed E-state index contributed by atoms with van der Waals surface area (Å²) in [4.78, 5) is 14.8. The summed E-state index contributed by atoms with van der Waals surface area (Å²) in [6.45, 7) is 0. The fourth-order valence-electron chi connectivity index (χ4n) is 1.72. The molecule has 0 bridgehead atoms. The molecule has 1 aromatic heterocycles. The Balaban J connectivity index is 2.55. The largest absolute Gasteiger partial charge is 0.363 e. The maximum absolute atomic E-state index is 11.6. The van der Waals surface area contributed by atoms with E-state index in [2.05, 4.69) is 20.9 Å². The Labute approximate surface area is 84.5 Å². The molecule has 1 aliphatic carbocycles. The molecule has 2 rings (SSSR count). The molecule has 0 aromatic carbocycles. The molecule has 1 aromatic rings. The normalized spacial score (nSPS) is 21.2. The Morgan fingerprint density at radius 1 is 1.62 bits per heavy atom. The van der Waals surface area contributed by atoms with Gasteiger partial charge in [0.2, 0.25) is 0 Å². The van der Waals surface area contributed by atoms with Crippen LogP contribution in [0.1, 0.15) is 17.7 Å². The van der Waals surface area contributed by atoms with E-state index in [1.807, 2.05) is 0 Å². The average Bonchev–Trinajstić information content (AvgIpc) is 2.12. The predicted octanol–water partition coefficient (Wildman–Crippen LogP) is 0.953. The van der Waals surface area contributed by atoms with Crippen LogP contribution >= 0.6 is 15.9 Å². The molecule has 0 spiro atoms. The monoisotopic (exact) mass is 242 g/mol. The summed E-state index contributed by atoms with van der Waals surface area (Å²) < 4.78 is 0.598. The van der Waals surface area contributed by atoms with Crippen molar-refractivity contribution in [2.24, 2.45) is 5.73 Å². The first-order valence-corrected chi connectivity index (χ1v) is 5.12. The number of H-pyrrole nitrogens is 1. The van der Waals surface area contributed by atoms with Gasteiger partial charge in [0, 0.05) is 23.5 Å². The summed E-state index contributed by atoms with van der Waals surface area (Å²) in [7, 11) is 0. The predicted molar refractivity (Wildman–Crippen MR) is 54.8 cm³/mol. The average molecular weight is 243 g/mol. The standard InChI is InChI=1S/C9H11BrN2O/c10-7-4-12-8-2-1-5(11)3-6(8)9(7)13/h4-5H,1-3,11H2,(H,12,13). The first kappa shape index (κ1) is 8.97. The van der Waals surface area contributed by atoms with Crippen molar-refractivity contribution in [3.05, 3.63) is 32.2 Å². The third-order valence-corrected chi connectivity index (χ3v) is 3.05. The number of halogens is 1. The van der Waals surface area contributed by atoms with Gasteiger partial charge < -0.3 is 10.7 Å². The Hall–Kier alpha value is -0.610. The van der Waals surface area contributed by atoms with Gasteiger partial charge in [0.25, 0.3) is 0 Å². The number of hydrogen-bond acceptors (Lipinski definition) is 2. The Bertz CT molecular complexity index is 386. The van der Waals surface area contributed by atoms with E-state index in [-0.39, 0.29) is 11.5 Å². The lowest BCUT2D eigenvalue weighted by Crippen LogP contribution is -2.32. The molecular formula is C9H11BrN2O. The summed E-state index contributed by atoms with van der Waals surface area (Å²) in [5.41, 5.74) is 7.79. The molecule has 0 saturated heterocycles. The Morgan fingerprint density at radius 2 is 2.38 bits per heavy atom. The summed E-state index contributed by atoms with van der Waals surface area (Å²) in [6, 6.07) is 0.142. The molecule has 13 heavy (non-hydrogen) atoms. The zero-order valence-electron chi connectivity index (χ0n) is 7.14. The van der Waals surface area contributed by atoms with Gasteiger partial charge in [-0.2, -0.15) is 0 Å². The second kappa shape index (κ2) is 3.27. The van der Waals surface area contributed by atoms with E-state index in [1.54, 1.807) is 6.20 Å². The topological polar surface area (TPSA) is 58.9 Å². The Morgan fingerprint density at radius 3 is 3.15 bits per heavy atom. The van der Waals surface area contributed by atoms with Crippen molar-refractivity contribution in [2.75, 3.05) is 0 Å². The second-order valence-corrected chi connectivity index (χ2v) is 4.28. The van der Waals surface area contributed by atoms with Crippen LogP contribution in [0.5, 0.6) is 0 Å². The lowest BCUT2D eigenvalue weighted by molar-refractivity contribution is 0.563. The van der Waals surface area contributed by atoms with E-state index in [0.29, 0.717) is 10.9 Å². The smallest absolute Gasteiger partial charge is 0.199 e. The number of aromatic amines is 1. The molecule has 0 fully saturated rings. The van der Waals surface area contributed by atoms with E-state index in [0.717, 1.165) is 24.1 Å². The molecular weight excluding hydrogens is 232 g/mol. The highest BCUT2D eigenvalue weighted by atomic mass is 79.9. The van der Waals surface area contributed by atoms with Gasteiger partial charge in [-0.25, -0.2) is 0 Å². The van der Waals surface area contributed by atoms with Crippen LogP contribution in [-0.2, 0) is 12.8 Å². The van der Waals surface area contributed by atoms with E-state index >= 15 is 0 Å². The molecule has 70 valence electrons. The molecule has 0 saturated carbocycles. The van der Waals surface area contributed by atoms with Crippen LogP contribution in [0, 0.1) is 0 Å². The van der Waals surface area contributed by atoms with E-state index < -0.39 is 0 Å². The first-order valence-electron chi connectivity index (χ1n) is 4.33. The summed E-state index contributed by atoms with van der Waals surface area (Å²) in [5.74, 6) is 0. The van der Waals surface area contributed by atoms with Gasteiger partial charge in [0.05, 0.1) is 4.47 Å². The lowest BCUT2D eigenvalue weighted by Gasteiger charge is -2.20. The maximum Gasteiger partial charge on any atom is 0.199 e. The fraction of sp³-hybridized carbons (Fsp3) is 0.444. The van der Waals surface area contributed by atoms with Crippen LogP contribution in [0.25, 0.3) is 0 Å². The third-order valence-electron chi connectivity index (χ3n) is 2.46. The molecule has 0 aliphatic heterocycles. The second-order valence-electron chi connectivity index (χ2n) is 3.43. The molecule has 0 amide bonds. The number of hydrogen-bond donors (Lipinski definition) is 2. The Kier molecular flexibility index (Phi) is 2.26. The van der Waals surface area contributed by atoms with Gasteiger partial charge in [-0.1, -0.05) is 0 Å². The molecule has 3 N–H and O–H groups in total. The van der Waals surface area contributed by atoms with Crippen LogP contribution in [0.2, 0.25) is 0 Å². The fourth-order valence-corrected chi connectivity index (χ4v) is 2.07. The first-order chi connectivity index (χ1) is 6.18. The number of fused-ring (bicyclic) bond motifs is 1. The SMILES string of the molecule is NC1CCc2[nH]cc(Br)c(=O)c2C1. The van der Waals surface area contributed by atoms with E-state index in [4.69, 9.17) is 5.73 Å². The molecule has 1 aliphatic rings. The van der Waals surface area contributed by atoms with Gasteiger partial charge in [-0.15, -0.1) is 0 Å². The van der Waals surface area contributed by atoms with Gasteiger partial charge in [-0.05, 0) is 35.2 Å². The van der Waals surface area contributed by atoms with Crippen LogP contribution in [0.15, 0.2) is 15.5 Å². The minimum Gasteiger partial charge on any atom is -0.363 e. The molecule has 1 heterocycles. The quantitative estimate of drug-likeness (QED) is 0.712. The highest BCUT2D eigenvalue weighted by Crippen LogP contribution is 2.17. The molecule has 1 unspecified atom stereocenters. The third kappa shape index (κ3) is 1.56. The number of nitrogens with one attached hydrogen (secondary N) is 1. The number of rotatable bonds is 0. The number of aromatic nitrogens is 1. The zero-order chi connectivity index (χ0) is 9.42. The van der Waals surface area contributed by atoms with Gasteiger partial charge in [0.1, 0.15) is 0 Å². The highest BCUT2D eigenvalue weighted by molar-refractivity contribution is 9.10. The summed E-state index contributed by atoms with van der Waals surface area (Å²) in [5, 5.41) is 0. The number of aryl methyl sites for hydroxylation is 1. The van der Waals surface area contributed by atoms with Crippen molar-refractivity contribution in [3.63, 3.8) is 0 Å². The molecule has 1 atom stereocenters. The van der Waals surface area contributed by atoms with Crippen LogP contribution in [0.3, 0.4) is 0 Å². The summed E-state index contributed by atoms with van der Waals surface area (Å²) >= 11 is 3.21. The van der Waals surface area contributed by atoms with Crippen LogP contribution in [0.4, 0.5) is 0 Å². The van der Waals surface area contributed by atoms with Crippen LogP contribution < -0.4 is 11.2 Å². The molecule has 0 radical (unpaired) electrons. The van der Waals surface area contributed by atoms with Crippen LogP contribution in [-0.4, -0.2) is 11.0 Å². The molecule has 3 nitrogen and oxygen atoms in total. The highest BCUT2D eigenvalue weighted by Gasteiger charge is 2.19. The van der Waals surface area contributed by atoms with Crippen molar-refractivity contribution in [2.45, 2.75) is 25.3 Å². The minimum absolute atomic E-state index is 0.0869. The van der Waals surface area contributed by atoms with Crippen molar-refractivity contribution in [1.82, 2.24) is 4.98 Å². The van der Waals surface area contributed by atoms with Gasteiger partial charge in [0.15, 0.2) is 5.43 Å². The van der Waals surface area contributed by atoms with Gasteiger partial charge in [-0.3, -0.25) is 4.79 Å². The molecule has 4 heteroatoms. The van der Waals surface area contributed by atoms with Gasteiger partial charge >= 0.3 is 0 Å². The minimum atomic E-state index is 0.0869. The van der Waals surface area contributed by atoms with Crippen molar-refractivity contribution < 1.29 is 0 Å². The van der Waals surface area contributed by atoms with E-state index in [1.165, 1.54) is 0 Å². The lowest BCUT2D eigenvalue weighted by atomic mass is 9.92. The van der Waals surface area contributed by atoms with Crippen molar-refractivity contribution in [3.8, 4) is 0 Å². The number of pyridine rings is 1. The summed E-state index contributed by atoms with van der Waals surface area (Å²) in [6.07, 6.45) is 4.26. The number of nitrogens with two attached hydrogens (primary N) is 1. The van der Waals surface area contributed by atoms with Crippen molar-refractivity contribution in [1.29, 1.82) is 0 Å². The zero-order valence-corrected chi connectivity index (χ0v) is 8.73. The van der Waals surface area contributed by atoms with Crippen molar-refractivity contribution >= 4 is 15.9 Å². The van der Waals surface area contributed by atoms with E-state index in [9.17, 15) is 4.79 Å². The maximum atomic E-state index is 11.6.